The second-order valence-electron chi connectivity index (χ2n) is 6.39. The summed E-state index contributed by atoms with van der Waals surface area (Å²) >= 11 is 0. The summed E-state index contributed by atoms with van der Waals surface area (Å²) in [5.74, 6) is -0.340. The lowest BCUT2D eigenvalue weighted by Gasteiger charge is -2.27. The van der Waals surface area contributed by atoms with Crippen LogP contribution >= 0.6 is 0 Å². The summed E-state index contributed by atoms with van der Waals surface area (Å²) in [5.41, 5.74) is 0.588. The summed E-state index contributed by atoms with van der Waals surface area (Å²) < 4.78 is 32.0. The SMILES string of the molecule is CCOc1ccc(N(C)C(=O)C2CCC(=O)N2S(=O)(=O)c2ccccc2)cc1. The zero-order chi connectivity index (χ0) is 20.3. The molecule has 3 rings (SSSR count). The highest BCUT2D eigenvalue weighted by Gasteiger charge is 2.45. The molecule has 0 spiro atoms. The molecule has 0 radical (unpaired) electrons. The fourth-order valence-corrected chi connectivity index (χ4v) is 4.79. The Labute approximate surface area is 164 Å². The standard InChI is InChI=1S/C20H22N2O5S/c1-3-27-16-11-9-15(10-12-16)21(2)20(24)18-13-14-19(23)22(18)28(25,26)17-7-5-4-6-8-17/h4-12,18H,3,13-14H2,1-2H3. The third-order valence-corrected chi connectivity index (χ3v) is 6.46. The van der Waals surface area contributed by atoms with Crippen LogP contribution in [-0.2, 0) is 19.6 Å². The van der Waals surface area contributed by atoms with Gasteiger partial charge >= 0.3 is 0 Å². The third-order valence-electron chi connectivity index (χ3n) is 4.61. The number of carbonyl (C=O) groups is 2. The highest BCUT2D eigenvalue weighted by molar-refractivity contribution is 7.89. The molecule has 0 N–H and O–H groups in total. The second-order valence-corrected chi connectivity index (χ2v) is 8.20. The Morgan fingerprint density at radius 2 is 1.79 bits per heavy atom. The molecule has 7 nitrogen and oxygen atoms in total. The number of carbonyl (C=O) groups excluding carboxylic acids is 2. The second kappa shape index (κ2) is 8.02. The molecule has 0 bridgehead atoms. The van der Waals surface area contributed by atoms with Gasteiger partial charge in [0.25, 0.3) is 15.9 Å². The molecule has 2 aromatic rings. The van der Waals surface area contributed by atoms with E-state index in [0.717, 1.165) is 4.31 Å². The van der Waals surface area contributed by atoms with E-state index in [4.69, 9.17) is 4.74 Å². The van der Waals surface area contributed by atoms with E-state index in [2.05, 4.69) is 0 Å². The van der Waals surface area contributed by atoms with Crippen LogP contribution in [0.2, 0.25) is 0 Å². The molecule has 0 saturated carbocycles. The van der Waals surface area contributed by atoms with Gasteiger partial charge in [0.15, 0.2) is 0 Å². The van der Waals surface area contributed by atoms with Crippen molar-refractivity contribution >= 4 is 27.5 Å². The summed E-state index contributed by atoms with van der Waals surface area (Å²) in [4.78, 5) is 26.7. The van der Waals surface area contributed by atoms with E-state index in [1.807, 2.05) is 6.92 Å². The van der Waals surface area contributed by atoms with E-state index in [1.165, 1.54) is 17.0 Å². The Morgan fingerprint density at radius 1 is 1.14 bits per heavy atom. The van der Waals surface area contributed by atoms with E-state index in [9.17, 15) is 18.0 Å². The number of ether oxygens (including phenoxy) is 1. The Kier molecular flexibility index (Phi) is 5.69. The highest BCUT2D eigenvalue weighted by Crippen LogP contribution is 2.29. The van der Waals surface area contributed by atoms with Gasteiger partial charge in [0.05, 0.1) is 11.5 Å². The number of amides is 2. The molecule has 1 heterocycles. The fraction of sp³-hybridized carbons (Fsp3) is 0.300. The number of rotatable bonds is 6. The molecule has 0 aliphatic carbocycles. The van der Waals surface area contributed by atoms with E-state index in [0.29, 0.717) is 18.0 Å². The minimum absolute atomic E-state index is 0.00762. The summed E-state index contributed by atoms with van der Waals surface area (Å²) in [6.45, 7) is 2.41. The van der Waals surface area contributed by atoms with Crippen LogP contribution < -0.4 is 9.64 Å². The van der Waals surface area contributed by atoms with Crippen LogP contribution in [0.5, 0.6) is 5.75 Å². The van der Waals surface area contributed by atoms with Gasteiger partial charge in [0, 0.05) is 19.2 Å². The van der Waals surface area contributed by atoms with Crippen molar-refractivity contribution in [1.82, 2.24) is 4.31 Å². The minimum Gasteiger partial charge on any atom is -0.494 e. The quantitative estimate of drug-likeness (QED) is 0.741. The van der Waals surface area contributed by atoms with Crippen LogP contribution in [0.3, 0.4) is 0 Å². The van der Waals surface area contributed by atoms with Gasteiger partial charge in [-0.2, -0.15) is 0 Å². The van der Waals surface area contributed by atoms with Crippen molar-refractivity contribution in [2.75, 3.05) is 18.6 Å². The number of hydrogen-bond acceptors (Lipinski definition) is 5. The molecule has 1 unspecified atom stereocenters. The van der Waals surface area contributed by atoms with Crippen molar-refractivity contribution in [3.8, 4) is 5.75 Å². The van der Waals surface area contributed by atoms with Gasteiger partial charge in [-0.1, -0.05) is 18.2 Å². The van der Waals surface area contributed by atoms with Crippen LogP contribution in [0.1, 0.15) is 19.8 Å². The maximum Gasteiger partial charge on any atom is 0.267 e. The van der Waals surface area contributed by atoms with Gasteiger partial charge in [-0.05, 0) is 49.7 Å². The first-order valence-electron chi connectivity index (χ1n) is 8.99. The molecular weight excluding hydrogens is 380 g/mol. The average molecular weight is 402 g/mol. The molecule has 1 fully saturated rings. The molecule has 1 aliphatic heterocycles. The third kappa shape index (κ3) is 3.73. The first kappa shape index (κ1) is 19.9. The van der Waals surface area contributed by atoms with Crippen molar-refractivity contribution < 1.29 is 22.7 Å². The molecule has 8 heteroatoms. The number of benzene rings is 2. The zero-order valence-corrected chi connectivity index (χ0v) is 16.6. The Morgan fingerprint density at radius 3 is 2.39 bits per heavy atom. The first-order valence-corrected chi connectivity index (χ1v) is 10.4. The number of likely N-dealkylation sites (N-methyl/N-ethyl adjacent to an activating group) is 1. The van der Waals surface area contributed by atoms with Crippen molar-refractivity contribution in [3.05, 3.63) is 54.6 Å². The van der Waals surface area contributed by atoms with E-state index in [-0.39, 0.29) is 17.7 Å². The maximum atomic E-state index is 13.0. The number of hydrogen-bond donors (Lipinski definition) is 0. The number of nitrogens with zero attached hydrogens (tertiary/aromatic N) is 2. The molecule has 2 amide bonds. The summed E-state index contributed by atoms with van der Waals surface area (Å²) in [7, 11) is -2.53. The van der Waals surface area contributed by atoms with Crippen LogP contribution in [0, 0.1) is 0 Å². The Hall–Kier alpha value is -2.87. The van der Waals surface area contributed by atoms with Gasteiger partial charge in [-0.15, -0.1) is 0 Å². The molecule has 28 heavy (non-hydrogen) atoms. The molecule has 1 aliphatic rings. The lowest BCUT2D eigenvalue weighted by Crippen LogP contribution is -2.48. The molecule has 148 valence electrons. The van der Waals surface area contributed by atoms with Gasteiger partial charge in [-0.25, -0.2) is 12.7 Å². The van der Waals surface area contributed by atoms with Gasteiger partial charge in [0.1, 0.15) is 11.8 Å². The first-order chi connectivity index (χ1) is 13.4. The monoisotopic (exact) mass is 402 g/mol. The zero-order valence-electron chi connectivity index (χ0n) is 15.7. The molecular formula is C20H22N2O5S. The highest BCUT2D eigenvalue weighted by atomic mass is 32.2. The lowest BCUT2D eigenvalue weighted by molar-refractivity contribution is -0.129. The minimum atomic E-state index is -4.10. The summed E-state index contributed by atoms with van der Waals surface area (Å²) in [6, 6.07) is 13.5. The van der Waals surface area contributed by atoms with Crippen molar-refractivity contribution in [1.29, 1.82) is 0 Å². The number of anilines is 1. The molecule has 1 atom stereocenters. The topological polar surface area (TPSA) is 84.0 Å². The number of sulfonamides is 1. The normalized spacial score (nSPS) is 16.9. The van der Waals surface area contributed by atoms with Crippen molar-refractivity contribution in [2.45, 2.75) is 30.7 Å². The van der Waals surface area contributed by atoms with Gasteiger partial charge in [0.2, 0.25) is 5.91 Å². The predicted octanol–water partition coefficient (Wildman–Crippen LogP) is 2.43. The Bertz CT molecular complexity index is 958. The van der Waals surface area contributed by atoms with Crippen molar-refractivity contribution in [2.24, 2.45) is 0 Å². The maximum absolute atomic E-state index is 13.0. The van der Waals surface area contributed by atoms with Gasteiger partial charge < -0.3 is 9.64 Å². The Balaban J connectivity index is 1.86. The molecule has 1 saturated heterocycles. The average Bonchev–Trinajstić information content (AvgIpc) is 3.10. The smallest absolute Gasteiger partial charge is 0.267 e. The summed E-state index contributed by atoms with van der Waals surface area (Å²) in [5, 5.41) is 0. The van der Waals surface area contributed by atoms with Crippen LogP contribution in [0.15, 0.2) is 59.5 Å². The largest absolute Gasteiger partial charge is 0.494 e. The molecule has 2 aromatic carbocycles. The predicted molar refractivity (Wildman–Crippen MR) is 105 cm³/mol. The summed E-state index contributed by atoms with van der Waals surface area (Å²) in [6.07, 6.45) is 0.171. The van der Waals surface area contributed by atoms with Crippen LogP contribution in [0.4, 0.5) is 5.69 Å². The van der Waals surface area contributed by atoms with E-state index < -0.39 is 27.9 Å². The molecule has 0 aromatic heterocycles. The van der Waals surface area contributed by atoms with Gasteiger partial charge in [-0.3, -0.25) is 9.59 Å². The van der Waals surface area contributed by atoms with Crippen molar-refractivity contribution in [3.63, 3.8) is 0 Å². The lowest BCUT2D eigenvalue weighted by atomic mass is 10.2. The fourth-order valence-electron chi connectivity index (χ4n) is 3.18. The van der Waals surface area contributed by atoms with Crippen LogP contribution in [-0.4, -0.2) is 44.2 Å². The van der Waals surface area contributed by atoms with Crippen LogP contribution in [0.25, 0.3) is 0 Å². The van der Waals surface area contributed by atoms with E-state index in [1.54, 1.807) is 49.5 Å². The van der Waals surface area contributed by atoms with E-state index >= 15 is 0 Å².